The predicted molar refractivity (Wildman–Crippen MR) is 158 cm³/mol. The first-order valence-corrected chi connectivity index (χ1v) is 13.1. The summed E-state index contributed by atoms with van der Waals surface area (Å²) in [6.07, 6.45) is 2.87. The molecule has 39 heavy (non-hydrogen) atoms. The van der Waals surface area contributed by atoms with Crippen molar-refractivity contribution in [1.29, 1.82) is 0 Å². The molecule has 1 aliphatic heterocycles. The molecule has 1 amide bonds. The molecule has 0 fully saturated rings. The molecule has 0 aliphatic carbocycles. The van der Waals surface area contributed by atoms with E-state index in [2.05, 4.69) is 63.3 Å². The molecule has 3 heterocycles. The minimum Gasteiger partial charge on any atom is -0.473 e. The molecule has 0 spiro atoms. The minimum atomic E-state index is -0.329. The number of hydrogen-bond donors (Lipinski definition) is 2. The molecule has 0 saturated carbocycles. The zero-order valence-electron chi connectivity index (χ0n) is 23.6. The van der Waals surface area contributed by atoms with Gasteiger partial charge in [-0.15, -0.1) is 0 Å². The fourth-order valence-corrected chi connectivity index (χ4v) is 4.51. The lowest BCUT2D eigenvalue weighted by Crippen LogP contribution is -2.30. The first-order valence-electron chi connectivity index (χ1n) is 13.1. The number of fused-ring (bicyclic) bond motifs is 1. The molecular formula is C29H38N8O2. The number of para-hydroxylation sites is 1. The van der Waals surface area contributed by atoms with Crippen molar-refractivity contribution in [2.75, 3.05) is 68.3 Å². The number of likely N-dealkylation sites (N-methyl/N-ethyl adjacent to an activating group) is 3. The molecule has 0 bridgehead atoms. The van der Waals surface area contributed by atoms with Crippen LogP contribution < -0.4 is 25.2 Å². The van der Waals surface area contributed by atoms with Gasteiger partial charge in [0.25, 0.3) is 0 Å². The van der Waals surface area contributed by atoms with E-state index in [1.807, 2.05) is 52.0 Å². The highest BCUT2D eigenvalue weighted by atomic mass is 16.5. The van der Waals surface area contributed by atoms with Crippen molar-refractivity contribution < 1.29 is 9.53 Å². The molecule has 4 rings (SSSR count). The van der Waals surface area contributed by atoms with Crippen molar-refractivity contribution in [3.8, 4) is 5.88 Å². The zero-order chi connectivity index (χ0) is 28.1. The number of nitrogens with zero attached hydrogens (tertiary/aromatic N) is 6. The first-order chi connectivity index (χ1) is 18.7. The summed E-state index contributed by atoms with van der Waals surface area (Å²) in [5.41, 5.74) is 4.46. The van der Waals surface area contributed by atoms with Gasteiger partial charge in [-0.05, 0) is 57.8 Å². The van der Waals surface area contributed by atoms with Gasteiger partial charge in [0.15, 0.2) is 5.82 Å². The summed E-state index contributed by atoms with van der Waals surface area (Å²) in [6, 6.07) is 12.2. The van der Waals surface area contributed by atoms with Crippen LogP contribution in [0.25, 0.3) is 0 Å². The molecular weight excluding hydrogens is 492 g/mol. The molecule has 1 unspecified atom stereocenters. The Kier molecular flexibility index (Phi) is 8.65. The van der Waals surface area contributed by atoms with E-state index in [0.717, 1.165) is 18.8 Å². The van der Waals surface area contributed by atoms with Crippen molar-refractivity contribution in [3.63, 3.8) is 0 Å². The van der Waals surface area contributed by atoms with E-state index < -0.39 is 0 Å². The van der Waals surface area contributed by atoms with Crippen LogP contribution >= 0.6 is 0 Å². The second-order valence-corrected chi connectivity index (χ2v) is 10.2. The maximum atomic E-state index is 12.3. The fourth-order valence-electron chi connectivity index (χ4n) is 4.51. The van der Waals surface area contributed by atoms with E-state index >= 15 is 0 Å². The number of rotatable bonds is 11. The van der Waals surface area contributed by atoms with E-state index in [0.29, 0.717) is 35.6 Å². The molecule has 0 radical (unpaired) electrons. The molecule has 1 atom stereocenters. The quantitative estimate of drug-likeness (QED) is 0.355. The number of hydrogen-bond acceptors (Lipinski definition) is 9. The molecule has 0 saturated heterocycles. The van der Waals surface area contributed by atoms with Crippen molar-refractivity contribution >= 4 is 34.7 Å². The number of nitrogens with one attached hydrogen (secondary N) is 2. The molecule has 3 aromatic rings. The van der Waals surface area contributed by atoms with Crippen LogP contribution in [-0.4, -0.2) is 79.7 Å². The first kappa shape index (κ1) is 27.8. The van der Waals surface area contributed by atoms with Gasteiger partial charge in [0, 0.05) is 51.5 Å². The lowest BCUT2D eigenvalue weighted by Gasteiger charge is -2.25. The van der Waals surface area contributed by atoms with Crippen LogP contribution in [0.3, 0.4) is 0 Å². The van der Waals surface area contributed by atoms with E-state index in [1.165, 1.54) is 17.3 Å². The third kappa shape index (κ3) is 6.64. The van der Waals surface area contributed by atoms with Crippen LogP contribution in [0.4, 0.5) is 28.8 Å². The van der Waals surface area contributed by atoms with Crippen molar-refractivity contribution in [1.82, 2.24) is 19.9 Å². The van der Waals surface area contributed by atoms with Crippen LogP contribution in [0.2, 0.25) is 0 Å². The monoisotopic (exact) mass is 530 g/mol. The number of carbonyl (C=O) groups is 1. The lowest BCUT2D eigenvalue weighted by atomic mass is 9.98. The minimum absolute atomic E-state index is 0.121. The van der Waals surface area contributed by atoms with Gasteiger partial charge < -0.3 is 30.1 Å². The van der Waals surface area contributed by atoms with Gasteiger partial charge in [-0.2, -0.15) is 4.98 Å². The van der Waals surface area contributed by atoms with E-state index in [4.69, 9.17) is 14.7 Å². The summed E-state index contributed by atoms with van der Waals surface area (Å²) in [7, 11) is 8.05. The number of amides is 1. The maximum absolute atomic E-state index is 12.3. The number of pyridine rings is 1. The van der Waals surface area contributed by atoms with Gasteiger partial charge in [0.1, 0.15) is 5.69 Å². The Morgan fingerprint density at radius 1 is 1.18 bits per heavy atom. The average Bonchev–Trinajstić information content (AvgIpc) is 3.25. The lowest BCUT2D eigenvalue weighted by molar-refractivity contribution is -0.111. The van der Waals surface area contributed by atoms with Crippen molar-refractivity contribution in [2.45, 2.75) is 25.9 Å². The molecule has 206 valence electrons. The highest BCUT2D eigenvalue weighted by Crippen LogP contribution is 2.39. The summed E-state index contributed by atoms with van der Waals surface area (Å²) < 4.78 is 6.11. The van der Waals surface area contributed by atoms with Crippen molar-refractivity contribution in [3.05, 3.63) is 66.5 Å². The second-order valence-electron chi connectivity index (χ2n) is 10.2. The molecule has 10 heteroatoms. The summed E-state index contributed by atoms with van der Waals surface area (Å²) >= 11 is 0. The Labute approximate surface area is 230 Å². The fraction of sp³-hybridized carbons (Fsp3) is 0.379. The van der Waals surface area contributed by atoms with Gasteiger partial charge in [-0.1, -0.05) is 24.8 Å². The number of anilines is 5. The smallest absolute Gasteiger partial charge is 0.247 e. The van der Waals surface area contributed by atoms with Crippen molar-refractivity contribution in [2.24, 2.45) is 0 Å². The maximum Gasteiger partial charge on any atom is 0.247 e. The van der Waals surface area contributed by atoms with Gasteiger partial charge in [0.2, 0.25) is 17.7 Å². The molecule has 1 aliphatic rings. The Morgan fingerprint density at radius 2 is 1.95 bits per heavy atom. The Morgan fingerprint density at radius 3 is 2.67 bits per heavy atom. The summed E-state index contributed by atoms with van der Waals surface area (Å²) in [5.74, 6) is 1.21. The van der Waals surface area contributed by atoms with Gasteiger partial charge >= 0.3 is 0 Å². The summed E-state index contributed by atoms with van der Waals surface area (Å²) in [5, 5.41) is 6.19. The molecule has 1 aromatic carbocycles. The number of benzene rings is 1. The normalized spacial score (nSPS) is 14.4. The van der Waals surface area contributed by atoms with Gasteiger partial charge in [-0.25, -0.2) is 9.97 Å². The standard InChI is InChI=1S/C29H38N8O2/c1-8-26(38)31-23-17-24(28(39-19(2)3)34-27(23)36(6)16-15-35(4)5)33-29-30-14-13-22(32-29)21-18-37(7)25-12-10-9-11-20(21)25/h8-14,17,19,21H,1,15-16,18H2,2-7H3,(H,31,38)(H,30,32,33). The Balaban J connectivity index is 1.70. The van der Waals surface area contributed by atoms with Crippen LogP contribution in [-0.2, 0) is 4.79 Å². The highest BCUT2D eigenvalue weighted by molar-refractivity contribution is 6.01. The largest absolute Gasteiger partial charge is 0.473 e. The van der Waals surface area contributed by atoms with Crippen LogP contribution in [0.1, 0.15) is 31.0 Å². The van der Waals surface area contributed by atoms with Gasteiger partial charge in [0.05, 0.1) is 17.5 Å². The van der Waals surface area contributed by atoms with Crippen LogP contribution in [0.15, 0.2) is 55.3 Å². The Hall–Kier alpha value is -4.18. The topological polar surface area (TPSA) is 98.8 Å². The number of aromatic nitrogens is 3. The predicted octanol–water partition coefficient (Wildman–Crippen LogP) is 4.11. The number of carbonyl (C=O) groups excluding carboxylic acids is 1. The molecule has 10 nitrogen and oxygen atoms in total. The van der Waals surface area contributed by atoms with Crippen LogP contribution in [0.5, 0.6) is 5.88 Å². The third-order valence-electron chi connectivity index (χ3n) is 6.46. The summed E-state index contributed by atoms with van der Waals surface area (Å²) in [6.45, 7) is 9.83. The number of ether oxygens (including phenoxy) is 1. The van der Waals surface area contributed by atoms with E-state index in [9.17, 15) is 4.79 Å². The third-order valence-corrected chi connectivity index (χ3v) is 6.46. The second kappa shape index (κ2) is 12.1. The highest BCUT2D eigenvalue weighted by Gasteiger charge is 2.28. The Bertz CT molecular complexity index is 1330. The average molecular weight is 531 g/mol. The van der Waals surface area contributed by atoms with E-state index in [-0.39, 0.29) is 17.9 Å². The molecule has 2 aromatic heterocycles. The zero-order valence-corrected chi connectivity index (χ0v) is 23.6. The molecule has 2 N–H and O–H groups in total. The van der Waals surface area contributed by atoms with Crippen LogP contribution in [0, 0.1) is 0 Å². The SMILES string of the molecule is C=CC(=O)Nc1cc(Nc2nccc(C3CN(C)c4ccccc43)n2)c(OC(C)C)nc1N(C)CCN(C)C. The summed E-state index contributed by atoms with van der Waals surface area (Å²) in [4.78, 5) is 32.8. The van der Waals surface area contributed by atoms with E-state index in [1.54, 1.807) is 6.20 Å². The van der Waals surface area contributed by atoms with Gasteiger partial charge in [-0.3, -0.25) is 4.79 Å².